The Kier molecular flexibility index (Phi) is 3.13. The highest BCUT2D eigenvalue weighted by Crippen LogP contribution is 2.40. The first kappa shape index (κ1) is 10.4. The van der Waals surface area contributed by atoms with Crippen LogP contribution in [-0.2, 0) is 0 Å². The number of rotatable bonds is 2. The molecule has 2 rings (SSSR count). The number of likely N-dealkylation sites (N-methyl/N-ethyl adjacent to an activating group) is 2. The van der Waals surface area contributed by atoms with Gasteiger partial charge in [0.15, 0.2) is 0 Å². The predicted octanol–water partition coefficient (Wildman–Crippen LogP) is 2.00. The molecule has 0 amide bonds. The molecule has 2 nitrogen and oxygen atoms in total. The van der Waals surface area contributed by atoms with Gasteiger partial charge in [0.1, 0.15) is 0 Å². The van der Waals surface area contributed by atoms with E-state index in [-0.39, 0.29) is 0 Å². The van der Waals surface area contributed by atoms with Crippen molar-refractivity contribution in [1.29, 1.82) is 0 Å². The van der Waals surface area contributed by atoms with Crippen LogP contribution in [0.5, 0.6) is 0 Å². The largest absolute Gasteiger partial charge is 0.313 e. The van der Waals surface area contributed by atoms with Crippen LogP contribution < -0.4 is 5.32 Å². The third-order valence-electron chi connectivity index (χ3n) is 4.21. The molecule has 1 N–H and O–H groups in total. The molecule has 2 heteroatoms. The zero-order chi connectivity index (χ0) is 10.0. The standard InChI is InChI=1S/C12H24N2/c1-3-13-11-9-12(14(2)10-11)7-5-4-6-8-12/h11,13H,3-10H2,1-2H3/t11-/m0/s1. The third kappa shape index (κ3) is 1.82. The molecule has 1 heterocycles. The zero-order valence-electron chi connectivity index (χ0n) is 9.68. The summed E-state index contributed by atoms with van der Waals surface area (Å²) in [5.74, 6) is 0. The Balaban J connectivity index is 1.98. The van der Waals surface area contributed by atoms with Crippen LogP contribution in [0.3, 0.4) is 0 Å². The molecule has 1 spiro atoms. The molecule has 0 bridgehead atoms. The van der Waals surface area contributed by atoms with E-state index in [0.29, 0.717) is 5.54 Å². The van der Waals surface area contributed by atoms with Gasteiger partial charge in [-0.3, -0.25) is 4.90 Å². The lowest BCUT2D eigenvalue weighted by Gasteiger charge is -2.39. The van der Waals surface area contributed by atoms with Crippen LogP contribution in [0.2, 0.25) is 0 Å². The van der Waals surface area contributed by atoms with Gasteiger partial charge in [0, 0.05) is 18.1 Å². The fourth-order valence-corrected chi connectivity index (χ4v) is 3.42. The molecule has 0 aromatic rings. The topological polar surface area (TPSA) is 15.3 Å². The molecule has 1 atom stereocenters. The van der Waals surface area contributed by atoms with Crippen LogP contribution in [-0.4, -0.2) is 36.6 Å². The minimum Gasteiger partial charge on any atom is -0.313 e. The van der Waals surface area contributed by atoms with Crippen LogP contribution in [0.1, 0.15) is 45.4 Å². The number of nitrogens with zero attached hydrogens (tertiary/aromatic N) is 1. The minimum atomic E-state index is 0.574. The second-order valence-electron chi connectivity index (χ2n) is 5.12. The van der Waals surface area contributed by atoms with Crippen LogP contribution in [0.15, 0.2) is 0 Å². The summed E-state index contributed by atoms with van der Waals surface area (Å²) in [6.45, 7) is 4.59. The van der Waals surface area contributed by atoms with Crippen LogP contribution in [0.4, 0.5) is 0 Å². The summed E-state index contributed by atoms with van der Waals surface area (Å²) in [6.07, 6.45) is 8.61. The van der Waals surface area contributed by atoms with Crippen molar-refractivity contribution in [2.45, 2.75) is 57.0 Å². The fourth-order valence-electron chi connectivity index (χ4n) is 3.42. The first-order chi connectivity index (χ1) is 6.77. The smallest absolute Gasteiger partial charge is 0.0222 e. The molecule has 1 aliphatic carbocycles. The lowest BCUT2D eigenvalue weighted by Crippen LogP contribution is -2.42. The monoisotopic (exact) mass is 196 g/mol. The average Bonchev–Trinajstić information content (AvgIpc) is 2.45. The highest BCUT2D eigenvalue weighted by molar-refractivity contribution is 5.01. The summed E-state index contributed by atoms with van der Waals surface area (Å²) < 4.78 is 0. The lowest BCUT2D eigenvalue weighted by atomic mass is 9.79. The highest BCUT2D eigenvalue weighted by Gasteiger charge is 2.43. The molecule has 82 valence electrons. The van der Waals surface area contributed by atoms with Gasteiger partial charge in [0.2, 0.25) is 0 Å². The van der Waals surface area contributed by atoms with Crippen molar-refractivity contribution < 1.29 is 0 Å². The average molecular weight is 196 g/mol. The van der Waals surface area contributed by atoms with Crippen molar-refractivity contribution in [3.63, 3.8) is 0 Å². The van der Waals surface area contributed by atoms with E-state index in [2.05, 4.69) is 24.2 Å². The Labute approximate surface area is 88.1 Å². The summed E-state index contributed by atoms with van der Waals surface area (Å²) >= 11 is 0. The zero-order valence-corrected chi connectivity index (χ0v) is 9.68. The molecule has 1 saturated carbocycles. The van der Waals surface area contributed by atoms with Gasteiger partial charge in [0.05, 0.1) is 0 Å². The predicted molar refractivity (Wildman–Crippen MR) is 60.5 cm³/mol. The van der Waals surface area contributed by atoms with Crippen molar-refractivity contribution in [2.75, 3.05) is 20.1 Å². The quantitative estimate of drug-likeness (QED) is 0.727. The molecule has 14 heavy (non-hydrogen) atoms. The summed E-state index contributed by atoms with van der Waals surface area (Å²) in [5.41, 5.74) is 0.574. The van der Waals surface area contributed by atoms with Gasteiger partial charge in [-0.15, -0.1) is 0 Å². The van der Waals surface area contributed by atoms with Crippen molar-refractivity contribution >= 4 is 0 Å². The molecule has 2 aliphatic rings. The van der Waals surface area contributed by atoms with Crippen molar-refractivity contribution in [1.82, 2.24) is 10.2 Å². The molecule has 0 aromatic carbocycles. The molecule has 0 aromatic heterocycles. The Hall–Kier alpha value is -0.0800. The van der Waals surface area contributed by atoms with E-state index in [1.54, 1.807) is 0 Å². The van der Waals surface area contributed by atoms with Crippen molar-refractivity contribution in [3.8, 4) is 0 Å². The van der Waals surface area contributed by atoms with Gasteiger partial charge in [-0.1, -0.05) is 26.2 Å². The summed E-state index contributed by atoms with van der Waals surface area (Å²) in [4.78, 5) is 2.62. The maximum atomic E-state index is 3.60. The molecule has 1 aliphatic heterocycles. The van der Waals surface area contributed by atoms with Crippen molar-refractivity contribution in [2.24, 2.45) is 0 Å². The Morgan fingerprint density at radius 3 is 2.64 bits per heavy atom. The Morgan fingerprint density at radius 1 is 1.29 bits per heavy atom. The second-order valence-corrected chi connectivity index (χ2v) is 5.12. The van der Waals surface area contributed by atoms with E-state index in [0.717, 1.165) is 12.6 Å². The highest BCUT2D eigenvalue weighted by atomic mass is 15.2. The maximum absolute atomic E-state index is 3.60. The van der Waals surface area contributed by atoms with Crippen LogP contribution in [0, 0.1) is 0 Å². The van der Waals surface area contributed by atoms with Gasteiger partial charge in [-0.2, -0.15) is 0 Å². The number of nitrogens with one attached hydrogen (secondary N) is 1. The van der Waals surface area contributed by atoms with Gasteiger partial charge in [-0.25, -0.2) is 0 Å². The first-order valence-electron chi connectivity index (χ1n) is 6.21. The van der Waals surface area contributed by atoms with Crippen molar-refractivity contribution in [3.05, 3.63) is 0 Å². The number of likely N-dealkylation sites (tertiary alicyclic amines) is 1. The SMILES string of the molecule is CCN[C@@H]1CN(C)C2(CCCCC2)C1. The second kappa shape index (κ2) is 4.19. The molecular formula is C12H24N2. The molecular weight excluding hydrogens is 172 g/mol. The molecule has 0 unspecified atom stereocenters. The maximum Gasteiger partial charge on any atom is 0.0222 e. The van der Waals surface area contributed by atoms with Gasteiger partial charge >= 0.3 is 0 Å². The number of hydrogen-bond acceptors (Lipinski definition) is 2. The van der Waals surface area contributed by atoms with Gasteiger partial charge in [0.25, 0.3) is 0 Å². The summed E-state index contributed by atoms with van der Waals surface area (Å²) in [5, 5.41) is 3.60. The van der Waals surface area contributed by atoms with E-state index >= 15 is 0 Å². The Morgan fingerprint density at radius 2 is 2.00 bits per heavy atom. The number of hydrogen-bond donors (Lipinski definition) is 1. The van der Waals surface area contributed by atoms with Gasteiger partial charge < -0.3 is 5.32 Å². The molecule has 1 saturated heterocycles. The van der Waals surface area contributed by atoms with E-state index in [4.69, 9.17) is 0 Å². The Bertz CT molecular complexity index is 185. The van der Waals surface area contributed by atoms with E-state index in [1.807, 2.05) is 0 Å². The van der Waals surface area contributed by atoms with Crippen LogP contribution in [0.25, 0.3) is 0 Å². The normalized spacial score (nSPS) is 32.6. The fraction of sp³-hybridized carbons (Fsp3) is 1.00. The minimum absolute atomic E-state index is 0.574. The lowest BCUT2D eigenvalue weighted by molar-refractivity contribution is 0.120. The van der Waals surface area contributed by atoms with E-state index in [9.17, 15) is 0 Å². The van der Waals surface area contributed by atoms with E-state index < -0.39 is 0 Å². The molecule has 0 radical (unpaired) electrons. The van der Waals surface area contributed by atoms with Crippen LogP contribution >= 0.6 is 0 Å². The first-order valence-corrected chi connectivity index (χ1v) is 6.21. The molecule has 2 fully saturated rings. The third-order valence-corrected chi connectivity index (χ3v) is 4.21. The summed E-state index contributed by atoms with van der Waals surface area (Å²) in [6, 6.07) is 0.753. The van der Waals surface area contributed by atoms with E-state index in [1.165, 1.54) is 45.1 Å². The van der Waals surface area contributed by atoms with Gasteiger partial charge in [-0.05, 0) is 32.9 Å². The summed E-state index contributed by atoms with van der Waals surface area (Å²) in [7, 11) is 2.32.